The summed E-state index contributed by atoms with van der Waals surface area (Å²) < 4.78 is 0. The Balaban J connectivity index is 2.09. The van der Waals surface area contributed by atoms with Crippen LogP contribution in [0.15, 0.2) is 0 Å². The van der Waals surface area contributed by atoms with Crippen molar-refractivity contribution in [3.63, 3.8) is 0 Å². The van der Waals surface area contributed by atoms with Gasteiger partial charge in [0, 0.05) is 31.8 Å². The van der Waals surface area contributed by atoms with E-state index in [-0.39, 0.29) is 24.4 Å². The first-order valence-corrected chi connectivity index (χ1v) is 8.33. The molecule has 1 aliphatic heterocycles. The van der Waals surface area contributed by atoms with E-state index >= 15 is 0 Å². The number of nitrogen functional groups attached to an aromatic ring is 1. The highest BCUT2D eigenvalue weighted by atomic mass is 16.3. The molecule has 128 valence electrons. The number of carbonyl (C=O) groups is 1. The maximum atomic E-state index is 12.2. The molecule has 2 heterocycles. The van der Waals surface area contributed by atoms with Crippen LogP contribution in [0.1, 0.15) is 37.4 Å². The fourth-order valence-corrected chi connectivity index (χ4v) is 3.04. The highest BCUT2D eigenvalue weighted by molar-refractivity contribution is 5.79. The molecule has 0 spiro atoms. The van der Waals surface area contributed by atoms with Crippen molar-refractivity contribution in [1.82, 2.24) is 15.3 Å². The zero-order valence-electron chi connectivity index (χ0n) is 14.0. The number of rotatable bonds is 6. The fraction of sp³-hybridized carbons (Fsp3) is 0.688. The number of aliphatic hydroxyl groups is 1. The number of nitrogens with one attached hydrogen (secondary N) is 1. The van der Waals surface area contributed by atoms with Crippen LogP contribution in [-0.2, 0) is 11.2 Å². The van der Waals surface area contributed by atoms with E-state index in [4.69, 9.17) is 10.8 Å². The van der Waals surface area contributed by atoms with E-state index in [2.05, 4.69) is 20.2 Å². The number of amides is 1. The Hall–Kier alpha value is -1.89. The lowest BCUT2D eigenvalue weighted by atomic mass is 9.96. The highest BCUT2D eigenvalue weighted by Gasteiger charge is 2.27. The van der Waals surface area contributed by atoms with Crippen molar-refractivity contribution in [2.45, 2.75) is 39.5 Å². The molecule has 1 atom stereocenters. The second kappa shape index (κ2) is 8.10. The summed E-state index contributed by atoms with van der Waals surface area (Å²) in [5, 5.41) is 11.7. The SMILES string of the molecule is CCc1nc(N)nc(N2CCC[C@@H](C(=O)NCCCO)C2)c1C. The maximum Gasteiger partial charge on any atom is 0.224 e. The summed E-state index contributed by atoms with van der Waals surface area (Å²) in [6.07, 6.45) is 3.22. The number of aromatic nitrogens is 2. The number of carbonyl (C=O) groups excluding carboxylic acids is 1. The van der Waals surface area contributed by atoms with Gasteiger partial charge in [0.05, 0.1) is 11.6 Å². The van der Waals surface area contributed by atoms with Crippen molar-refractivity contribution in [1.29, 1.82) is 0 Å². The predicted molar refractivity (Wildman–Crippen MR) is 90.2 cm³/mol. The standard InChI is InChI=1S/C16H27N5O2/c1-3-13-11(2)14(20-16(17)19-13)21-8-4-6-12(10-21)15(23)18-7-5-9-22/h12,22H,3-10H2,1-2H3,(H,18,23)(H2,17,19,20)/t12-/m1/s1. The van der Waals surface area contributed by atoms with Gasteiger partial charge < -0.3 is 21.1 Å². The topological polar surface area (TPSA) is 104 Å². The minimum atomic E-state index is -0.0527. The van der Waals surface area contributed by atoms with Crippen LogP contribution in [0, 0.1) is 12.8 Å². The molecule has 2 rings (SSSR count). The molecule has 7 nitrogen and oxygen atoms in total. The van der Waals surface area contributed by atoms with Gasteiger partial charge in [0.1, 0.15) is 5.82 Å². The minimum absolute atomic E-state index is 0.0527. The van der Waals surface area contributed by atoms with E-state index in [9.17, 15) is 4.79 Å². The first-order chi connectivity index (χ1) is 11.1. The summed E-state index contributed by atoms with van der Waals surface area (Å²) in [5.41, 5.74) is 7.84. The Labute approximate surface area is 137 Å². The van der Waals surface area contributed by atoms with Gasteiger partial charge in [-0.2, -0.15) is 4.98 Å². The number of hydrogen-bond acceptors (Lipinski definition) is 6. The van der Waals surface area contributed by atoms with E-state index in [1.807, 2.05) is 13.8 Å². The Morgan fingerprint density at radius 2 is 2.26 bits per heavy atom. The average Bonchev–Trinajstić information content (AvgIpc) is 2.56. The minimum Gasteiger partial charge on any atom is -0.396 e. The van der Waals surface area contributed by atoms with Crippen molar-refractivity contribution in [2.75, 3.05) is 36.9 Å². The molecule has 23 heavy (non-hydrogen) atoms. The molecule has 0 radical (unpaired) electrons. The van der Waals surface area contributed by atoms with Crippen molar-refractivity contribution < 1.29 is 9.90 Å². The lowest BCUT2D eigenvalue weighted by Crippen LogP contribution is -2.44. The van der Waals surface area contributed by atoms with E-state index < -0.39 is 0 Å². The molecule has 0 bridgehead atoms. The Morgan fingerprint density at radius 3 is 2.96 bits per heavy atom. The van der Waals surface area contributed by atoms with Gasteiger partial charge in [0.15, 0.2) is 0 Å². The van der Waals surface area contributed by atoms with E-state index in [1.165, 1.54) is 0 Å². The van der Waals surface area contributed by atoms with E-state index in [0.29, 0.717) is 19.5 Å². The van der Waals surface area contributed by atoms with Crippen LogP contribution >= 0.6 is 0 Å². The summed E-state index contributed by atoms with van der Waals surface area (Å²) in [4.78, 5) is 23.1. The Morgan fingerprint density at radius 1 is 1.48 bits per heavy atom. The van der Waals surface area contributed by atoms with Crippen molar-refractivity contribution in [3.05, 3.63) is 11.3 Å². The highest BCUT2D eigenvalue weighted by Crippen LogP contribution is 2.26. The number of nitrogens with zero attached hydrogens (tertiary/aromatic N) is 3. The average molecular weight is 321 g/mol. The number of aryl methyl sites for hydroxylation is 1. The number of aliphatic hydroxyl groups excluding tert-OH is 1. The van der Waals surface area contributed by atoms with Gasteiger partial charge in [-0.25, -0.2) is 4.98 Å². The quantitative estimate of drug-likeness (QED) is 0.664. The summed E-state index contributed by atoms with van der Waals surface area (Å²) in [6.45, 7) is 6.19. The van der Waals surface area contributed by atoms with Crippen LogP contribution in [-0.4, -0.2) is 47.2 Å². The number of nitrogens with two attached hydrogens (primary N) is 1. The Bertz CT molecular complexity index is 550. The smallest absolute Gasteiger partial charge is 0.224 e. The molecule has 1 aromatic rings. The number of piperidine rings is 1. The maximum absolute atomic E-state index is 12.2. The molecule has 4 N–H and O–H groups in total. The molecule has 7 heteroatoms. The molecule has 1 fully saturated rings. The zero-order chi connectivity index (χ0) is 16.8. The monoisotopic (exact) mass is 321 g/mol. The lowest BCUT2D eigenvalue weighted by Gasteiger charge is -2.34. The van der Waals surface area contributed by atoms with Crippen LogP contribution in [0.25, 0.3) is 0 Å². The summed E-state index contributed by atoms with van der Waals surface area (Å²) >= 11 is 0. The summed E-state index contributed by atoms with van der Waals surface area (Å²) in [7, 11) is 0. The van der Waals surface area contributed by atoms with Crippen LogP contribution in [0.3, 0.4) is 0 Å². The molecular formula is C16H27N5O2. The van der Waals surface area contributed by atoms with Crippen molar-refractivity contribution >= 4 is 17.7 Å². The van der Waals surface area contributed by atoms with Crippen LogP contribution in [0.5, 0.6) is 0 Å². The normalized spacial score (nSPS) is 18.0. The van der Waals surface area contributed by atoms with Gasteiger partial charge >= 0.3 is 0 Å². The molecule has 0 aliphatic carbocycles. The summed E-state index contributed by atoms with van der Waals surface area (Å²) in [6, 6.07) is 0. The van der Waals surface area contributed by atoms with Gasteiger partial charge in [-0.3, -0.25) is 4.79 Å². The predicted octanol–water partition coefficient (Wildman–Crippen LogP) is 0.645. The number of anilines is 2. The second-order valence-corrected chi connectivity index (χ2v) is 5.98. The van der Waals surface area contributed by atoms with Crippen LogP contribution < -0.4 is 16.0 Å². The molecule has 1 aromatic heterocycles. The lowest BCUT2D eigenvalue weighted by molar-refractivity contribution is -0.125. The summed E-state index contributed by atoms with van der Waals surface area (Å²) in [5.74, 6) is 1.14. The molecule has 0 saturated carbocycles. The zero-order valence-corrected chi connectivity index (χ0v) is 14.0. The van der Waals surface area contributed by atoms with Gasteiger partial charge in [-0.05, 0) is 32.6 Å². The van der Waals surface area contributed by atoms with E-state index in [0.717, 1.165) is 42.9 Å². The van der Waals surface area contributed by atoms with Gasteiger partial charge in [-0.15, -0.1) is 0 Å². The molecule has 1 aliphatic rings. The first-order valence-electron chi connectivity index (χ1n) is 8.33. The van der Waals surface area contributed by atoms with Gasteiger partial charge in [-0.1, -0.05) is 6.92 Å². The molecule has 0 unspecified atom stereocenters. The van der Waals surface area contributed by atoms with Gasteiger partial charge in [0.2, 0.25) is 11.9 Å². The van der Waals surface area contributed by atoms with Crippen LogP contribution in [0.4, 0.5) is 11.8 Å². The Kier molecular flexibility index (Phi) is 6.15. The van der Waals surface area contributed by atoms with Crippen molar-refractivity contribution in [3.8, 4) is 0 Å². The second-order valence-electron chi connectivity index (χ2n) is 5.98. The van der Waals surface area contributed by atoms with Crippen LogP contribution in [0.2, 0.25) is 0 Å². The number of hydrogen-bond donors (Lipinski definition) is 3. The third kappa shape index (κ3) is 4.31. The fourth-order valence-electron chi connectivity index (χ4n) is 3.04. The molecular weight excluding hydrogens is 294 g/mol. The molecule has 0 aromatic carbocycles. The van der Waals surface area contributed by atoms with Gasteiger partial charge in [0.25, 0.3) is 0 Å². The van der Waals surface area contributed by atoms with Crippen molar-refractivity contribution in [2.24, 2.45) is 5.92 Å². The largest absolute Gasteiger partial charge is 0.396 e. The third-order valence-electron chi connectivity index (χ3n) is 4.30. The first kappa shape index (κ1) is 17.5. The molecule has 1 saturated heterocycles. The van der Waals surface area contributed by atoms with E-state index in [1.54, 1.807) is 0 Å². The third-order valence-corrected chi connectivity index (χ3v) is 4.30. The molecule has 1 amide bonds.